The van der Waals surface area contributed by atoms with Crippen LogP contribution in [0.4, 0.5) is 11.4 Å². The molecule has 2 N–H and O–H groups in total. The second kappa shape index (κ2) is 9.41. The van der Waals surface area contributed by atoms with Crippen LogP contribution in [0.5, 0.6) is 17.2 Å². The first-order chi connectivity index (χ1) is 14.0. The van der Waals surface area contributed by atoms with Gasteiger partial charge in [0.2, 0.25) is 0 Å². The number of nitrogens with one attached hydrogen (secondary N) is 2. The number of carbonyl (C=O) groups excluding carboxylic acids is 2. The smallest absolute Gasteiger partial charge is 0.314 e. The minimum Gasteiger partial charge on any atom is -0.491 e. The van der Waals surface area contributed by atoms with Crippen molar-refractivity contribution in [2.75, 3.05) is 10.6 Å². The van der Waals surface area contributed by atoms with Gasteiger partial charge in [0.05, 0.1) is 6.10 Å². The summed E-state index contributed by atoms with van der Waals surface area (Å²) in [5.74, 6) is 0.521. The molecular weight excluding hydrogens is 368 g/mol. The monoisotopic (exact) mass is 390 g/mol. The summed E-state index contributed by atoms with van der Waals surface area (Å²) < 4.78 is 11.2. The SMILES string of the molecule is CC(C)Oc1ccc(NC(=O)C(=O)Nc2ccc(Oc3ccccc3)cc2)cc1. The van der Waals surface area contributed by atoms with Gasteiger partial charge in [-0.15, -0.1) is 0 Å². The van der Waals surface area contributed by atoms with E-state index in [1.807, 2.05) is 44.2 Å². The van der Waals surface area contributed by atoms with E-state index in [4.69, 9.17) is 9.47 Å². The first-order valence-corrected chi connectivity index (χ1v) is 9.21. The topological polar surface area (TPSA) is 76.7 Å². The van der Waals surface area contributed by atoms with Gasteiger partial charge in [-0.25, -0.2) is 0 Å². The van der Waals surface area contributed by atoms with E-state index in [-0.39, 0.29) is 6.10 Å². The number of hydrogen-bond acceptors (Lipinski definition) is 4. The molecule has 0 heterocycles. The third-order valence-corrected chi connectivity index (χ3v) is 3.78. The molecule has 0 aliphatic heterocycles. The average Bonchev–Trinajstić information content (AvgIpc) is 2.71. The van der Waals surface area contributed by atoms with Crippen molar-refractivity contribution in [3.63, 3.8) is 0 Å². The zero-order valence-electron chi connectivity index (χ0n) is 16.2. The van der Waals surface area contributed by atoms with Gasteiger partial charge >= 0.3 is 11.8 Å². The van der Waals surface area contributed by atoms with Crippen molar-refractivity contribution in [2.24, 2.45) is 0 Å². The number of hydrogen-bond donors (Lipinski definition) is 2. The summed E-state index contributed by atoms with van der Waals surface area (Å²) >= 11 is 0. The van der Waals surface area contributed by atoms with Gasteiger partial charge in [-0.05, 0) is 74.5 Å². The summed E-state index contributed by atoms with van der Waals surface area (Å²) in [5, 5.41) is 5.11. The van der Waals surface area contributed by atoms with Gasteiger partial charge in [0.25, 0.3) is 0 Å². The summed E-state index contributed by atoms with van der Waals surface area (Å²) in [7, 11) is 0. The van der Waals surface area contributed by atoms with E-state index in [1.165, 1.54) is 0 Å². The van der Waals surface area contributed by atoms with Gasteiger partial charge in [-0.3, -0.25) is 9.59 Å². The van der Waals surface area contributed by atoms with Crippen LogP contribution in [0, 0.1) is 0 Å². The Hall–Kier alpha value is -3.80. The molecule has 0 spiro atoms. The summed E-state index contributed by atoms with van der Waals surface area (Å²) in [6.07, 6.45) is 0.0608. The molecule has 0 bridgehead atoms. The Labute approximate surface area is 169 Å². The standard InChI is InChI=1S/C23H22N2O4/c1-16(2)28-20-12-8-17(9-13-20)24-22(26)23(27)25-18-10-14-21(15-11-18)29-19-6-4-3-5-7-19/h3-16H,1-2H3,(H,24,26)(H,25,27). The number of rotatable bonds is 6. The highest BCUT2D eigenvalue weighted by atomic mass is 16.5. The lowest BCUT2D eigenvalue weighted by Crippen LogP contribution is -2.29. The van der Waals surface area contributed by atoms with Gasteiger partial charge in [-0.2, -0.15) is 0 Å². The quantitative estimate of drug-likeness (QED) is 0.590. The third-order valence-electron chi connectivity index (χ3n) is 3.78. The molecule has 0 saturated carbocycles. The van der Waals surface area contributed by atoms with Crippen molar-refractivity contribution in [3.05, 3.63) is 78.9 Å². The molecule has 0 radical (unpaired) electrons. The molecule has 0 aliphatic rings. The van der Waals surface area contributed by atoms with Crippen LogP contribution in [0.2, 0.25) is 0 Å². The molecule has 3 rings (SSSR count). The second-order valence-electron chi connectivity index (χ2n) is 6.54. The Bertz CT molecular complexity index is 952. The maximum Gasteiger partial charge on any atom is 0.314 e. The van der Waals surface area contributed by atoms with Crippen LogP contribution in [-0.4, -0.2) is 17.9 Å². The normalized spacial score (nSPS) is 10.3. The van der Waals surface area contributed by atoms with E-state index in [0.717, 1.165) is 0 Å². The lowest BCUT2D eigenvalue weighted by Gasteiger charge is -2.11. The van der Waals surface area contributed by atoms with Crippen molar-refractivity contribution in [2.45, 2.75) is 20.0 Å². The fourth-order valence-corrected chi connectivity index (χ4v) is 2.50. The van der Waals surface area contributed by atoms with Crippen molar-refractivity contribution in [1.82, 2.24) is 0 Å². The molecule has 0 aromatic heterocycles. The largest absolute Gasteiger partial charge is 0.491 e. The maximum atomic E-state index is 12.1. The van der Waals surface area contributed by atoms with Crippen LogP contribution in [0.3, 0.4) is 0 Å². The fraction of sp³-hybridized carbons (Fsp3) is 0.130. The molecule has 0 aliphatic carbocycles. The van der Waals surface area contributed by atoms with Crippen LogP contribution in [0.15, 0.2) is 78.9 Å². The molecule has 0 atom stereocenters. The number of ether oxygens (including phenoxy) is 2. The van der Waals surface area contributed by atoms with E-state index in [9.17, 15) is 9.59 Å². The molecule has 6 nitrogen and oxygen atoms in total. The predicted molar refractivity (Wildman–Crippen MR) is 112 cm³/mol. The van der Waals surface area contributed by atoms with E-state index in [1.54, 1.807) is 48.5 Å². The van der Waals surface area contributed by atoms with E-state index >= 15 is 0 Å². The summed E-state index contributed by atoms with van der Waals surface area (Å²) in [6.45, 7) is 3.86. The Kier molecular flexibility index (Phi) is 6.47. The average molecular weight is 390 g/mol. The molecule has 148 valence electrons. The number of amides is 2. The van der Waals surface area contributed by atoms with Crippen molar-refractivity contribution >= 4 is 23.2 Å². The molecule has 0 saturated heterocycles. The molecule has 3 aromatic rings. The molecule has 0 fully saturated rings. The van der Waals surface area contributed by atoms with Crippen LogP contribution in [-0.2, 0) is 9.59 Å². The molecular formula is C23H22N2O4. The Morgan fingerprint density at radius 2 is 1.10 bits per heavy atom. The first-order valence-electron chi connectivity index (χ1n) is 9.21. The van der Waals surface area contributed by atoms with E-state index in [0.29, 0.717) is 28.6 Å². The van der Waals surface area contributed by atoms with Crippen molar-refractivity contribution in [1.29, 1.82) is 0 Å². The number of carbonyl (C=O) groups is 2. The molecule has 2 amide bonds. The molecule has 6 heteroatoms. The lowest BCUT2D eigenvalue weighted by atomic mass is 10.2. The molecule has 3 aromatic carbocycles. The van der Waals surface area contributed by atoms with Crippen LogP contribution >= 0.6 is 0 Å². The summed E-state index contributed by atoms with van der Waals surface area (Å²) in [5.41, 5.74) is 0.999. The Balaban J connectivity index is 1.53. The number of para-hydroxylation sites is 1. The van der Waals surface area contributed by atoms with Crippen molar-refractivity contribution < 1.29 is 19.1 Å². The van der Waals surface area contributed by atoms with Gasteiger partial charge in [0.1, 0.15) is 17.2 Å². The van der Waals surface area contributed by atoms with Crippen LogP contribution in [0.1, 0.15) is 13.8 Å². The lowest BCUT2D eigenvalue weighted by molar-refractivity contribution is -0.132. The number of anilines is 2. The van der Waals surface area contributed by atoms with Gasteiger partial charge in [0.15, 0.2) is 0 Å². The van der Waals surface area contributed by atoms with Gasteiger partial charge in [0, 0.05) is 11.4 Å². The molecule has 0 unspecified atom stereocenters. The Morgan fingerprint density at radius 1 is 0.655 bits per heavy atom. The minimum absolute atomic E-state index is 0.0608. The number of benzene rings is 3. The fourth-order valence-electron chi connectivity index (χ4n) is 2.50. The minimum atomic E-state index is -0.760. The van der Waals surface area contributed by atoms with Gasteiger partial charge < -0.3 is 20.1 Å². The van der Waals surface area contributed by atoms with E-state index in [2.05, 4.69) is 10.6 Å². The van der Waals surface area contributed by atoms with Crippen molar-refractivity contribution in [3.8, 4) is 17.2 Å². The summed E-state index contributed by atoms with van der Waals surface area (Å²) in [4.78, 5) is 24.2. The Morgan fingerprint density at radius 3 is 1.59 bits per heavy atom. The zero-order chi connectivity index (χ0) is 20.6. The highest BCUT2D eigenvalue weighted by Crippen LogP contribution is 2.22. The first kappa shape index (κ1) is 19.9. The summed E-state index contributed by atoms with van der Waals surface area (Å²) in [6, 6.07) is 23.0. The predicted octanol–water partition coefficient (Wildman–Crippen LogP) is 4.84. The van der Waals surface area contributed by atoms with Crippen LogP contribution < -0.4 is 20.1 Å². The highest BCUT2D eigenvalue weighted by Gasteiger charge is 2.14. The van der Waals surface area contributed by atoms with Crippen LogP contribution in [0.25, 0.3) is 0 Å². The second-order valence-corrected chi connectivity index (χ2v) is 6.54. The maximum absolute atomic E-state index is 12.1. The molecule has 29 heavy (non-hydrogen) atoms. The van der Waals surface area contributed by atoms with Gasteiger partial charge in [-0.1, -0.05) is 18.2 Å². The highest BCUT2D eigenvalue weighted by molar-refractivity contribution is 6.43. The third kappa shape index (κ3) is 6.10. The zero-order valence-corrected chi connectivity index (χ0v) is 16.2. The van der Waals surface area contributed by atoms with E-state index < -0.39 is 11.8 Å².